The zero-order chi connectivity index (χ0) is 24.5. The van der Waals surface area contributed by atoms with Gasteiger partial charge >= 0.3 is 5.97 Å². The standard InChI is InChI=1S/C27H25N3O5/c1-33-24(31)17-30(16-22-14-8-9-15-28-22)27(32)25-23(19-34-18-20-10-4-2-5-11-20)35-26(29-25)21-12-6-3-7-13-21/h2-15H,16-19H2,1H3. The molecule has 0 bridgehead atoms. The second kappa shape index (κ2) is 11.7. The van der Waals surface area contributed by atoms with Crippen molar-refractivity contribution in [3.05, 3.63) is 108 Å². The van der Waals surface area contributed by atoms with Crippen LogP contribution in [0.25, 0.3) is 11.5 Å². The lowest BCUT2D eigenvalue weighted by Crippen LogP contribution is -2.36. The lowest BCUT2D eigenvalue weighted by molar-refractivity contribution is -0.141. The van der Waals surface area contributed by atoms with Gasteiger partial charge in [0, 0.05) is 11.8 Å². The van der Waals surface area contributed by atoms with Gasteiger partial charge in [-0.25, -0.2) is 4.98 Å². The molecule has 0 N–H and O–H groups in total. The third-order valence-electron chi connectivity index (χ3n) is 5.18. The molecule has 0 saturated heterocycles. The average molecular weight is 472 g/mol. The number of pyridine rings is 1. The van der Waals surface area contributed by atoms with E-state index in [1.54, 1.807) is 18.3 Å². The van der Waals surface area contributed by atoms with Crippen LogP contribution in [0, 0.1) is 0 Å². The first-order valence-corrected chi connectivity index (χ1v) is 11.1. The van der Waals surface area contributed by atoms with Crippen LogP contribution >= 0.6 is 0 Å². The molecule has 178 valence electrons. The second-order valence-corrected chi connectivity index (χ2v) is 7.69. The second-order valence-electron chi connectivity index (χ2n) is 7.69. The zero-order valence-electron chi connectivity index (χ0n) is 19.3. The molecule has 1 amide bonds. The molecule has 0 spiro atoms. The van der Waals surface area contributed by atoms with E-state index in [0.29, 0.717) is 18.2 Å². The summed E-state index contributed by atoms with van der Waals surface area (Å²) in [7, 11) is 1.28. The number of nitrogens with zero attached hydrogens (tertiary/aromatic N) is 3. The average Bonchev–Trinajstić information content (AvgIpc) is 3.33. The van der Waals surface area contributed by atoms with Crippen LogP contribution < -0.4 is 0 Å². The molecule has 2 aromatic carbocycles. The molecule has 8 nitrogen and oxygen atoms in total. The van der Waals surface area contributed by atoms with Gasteiger partial charge in [-0.2, -0.15) is 0 Å². The summed E-state index contributed by atoms with van der Waals surface area (Å²) in [6.45, 7) is 0.220. The number of carbonyl (C=O) groups is 2. The van der Waals surface area contributed by atoms with Gasteiger partial charge in [0.2, 0.25) is 5.89 Å². The molecule has 4 rings (SSSR count). The number of rotatable bonds is 10. The normalized spacial score (nSPS) is 10.7. The molecule has 2 aromatic heterocycles. The highest BCUT2D eigenvalue weighted by Gasteiger charge is 2.27. The lowest BCUT2D eigenvalue weighted by Gasteiger charge is -2.20. The minimum absolute atomic E-state index is 0.0332. The van der Waals surface area contributed by atoms with Gasteiger partial charge in [0.05, 0.1) is 26.0 Å². The van der Waals surface area contributed by atoms with Crippen molar-refractivity contribution in [2.75, 3.05) is 13.7 Å². The number of amides is 1. The highest BCUT2D eigenvalue weighted by molar-refractivity contribution is 5.95. The van der Waals surface area contributed by atoms with Crippen molar-refractivity contribution >= 4 is 11.9 Å². The van der Waals surface area contributed by atoms with Crippen LogP contribution in [-0.2, 0) is 34.0 Å². The van der Waals surface area contributed by atoms with Crippen LogP contribution in [0.5, 0.6) is 0 Å². The number of hydrogen-bond donors (Lipinski definition) is 0. The molecule has 0 atom stereocenters. The molecule has 8 heteroatoms. The summed E-state index contributed by atoms with van der Waals surface area (Å²) in [6.07, 6.45) is 1.63. The van der Waals surface area contributed by atoms with Crippen molar-refractivity contribution in [3.63, 3.8) is 0 Å². The number of methoxy groups -OCH3 is 1. The van der Waals surface area contributed by atoms with Crippen LogP contribution in [0.2, 0.25) is 0 Å². The van der Waals surface area contributed by atoms with Crippen molar-refractivity contribution in [2.45, 2.75) is 19.8 Å². The maximum absolute atomic E-state index is 13.6. The third kappa shape index (κ3) is 6.39. The fourth-order valence-electron chi connectivity index (χ4n) is 3.41. The number of esters is 1. The first kappa shape index (κ1) is 23.8. The number of oxazole rings is 1. The van der Waals surface area contributed by atoms with Crippen LogP contribution in [-0.4, -0.2) is 40.4 Å². The van der Waals surface area contributed by atoms with E-state index in [0.717, 1.165) is 11.1 Å². The summed E-state index contributed by atoms with van der Waals surface area (Å²) in [6, 6.07) is 24.3. The number of benzene rings is 2. The van der Waals surface area contributed by atoms with Gasteiger partial charge in [-0.3, -0.25) is 14.6 Å². The Balaban J connectivity index is 1.62. The maximum atomic E-state index is 13.6. The zero-order valence-corrected chi connectivity index (χ0v) is 19.3. The van der Waals surface area contributed by atoms with Crippen molar-refractivity contribution < 1.29 is 23.5 Å². The Bertz CT molecular complexity index is 1240. The molecule has 0 fully saturated rings. The summed E-state index contributed by atoms with van der Waals surface area (Å²) in [4.78, 5) is 35.8. The van der Waals surface area contributed by atoms with Gasteiger partial charge in [0.15, 0.2) is 11.5 Å². The quantitative estimate of drug-likeness (QED) is 0.319. The first-order valence-electron chi connectivity index (χ1n) is 11.1. The highest BCUT2D eigenvalue weighted by atomic mass is 16.5. The Morgan fingerprint density at radius 3 is 2.31 bits per heavy atom. The van der Waals surface area contributed by atoms with Crippen molar-refractivity contribution in [1.82, 2.24) is 14.9 Å². The summed E-state index contributed by atoms with van der Waals surface area (Å²) in [5, 5.41) is 0. The Labute approximate surface area is 203 Å². The van der Waals surface area contributed by atoms with Gasteiger partial charge in [0.1, 0.15) is 13.2 Å². The summed E-state index contributed by atoms with van der Waals surface area (Å²) in [5.74, 6) is -0.461. The number of hydrogen-bond acceptors (Lipinski definition) is 7. The van der Waals surface area contributed by atoms with E-state index in [-0.39, 0.29) is 31.2 Å². The Hall–Kier alpha value is -4.30. The molecular weight excluding hydrogens is 446 g/mol. The van der Waals surface area contributed by atoms with Gasteiger partial charge in [-0.15, -0.1) is 0 Å². The summed E-state index contributed by atoms with van der Waals surface area (Å²) >= 11 is 0. The van der Waals surface area contributed by atoms with Crippen LogP contribution in [0.4, 0.5) is 0 Å². The fraction of sp³-hybridized carbons (Fsp3) is 0.185. The van der Waals surface area contributed by atoms with Crippen LogP contribution in [0.15, 0.2) is 89.5 Å². The number of carbonyl (C=O) groups excluding carboxylic acids is 2. The minimum Gasteiger partial charge on any atom is -0.468 e. The van der Waals surface area contributed by atoms with Gasteiger partial charge in [-0.1, -0.05) is 54.6 Å². The first-order chi connectivity index (χ1) is 17.1. The fourth-order valence-corrected chi connectivity index (χ4v) is 3.41. The molecule has 0 aliphatic rings. The van der Waals surface area contributed by atoms with E-state index in [9.17, 15) is 9.59 Å². The van der Waals surface area contributed by atoms with Gasteiger partial charge in [0.25, 0.3) is 5.91 Å². The Kier molecular flexibility index (Phi) is 7.98. The van der Waals surface area contributed by atoms with Gasteiger partial charge in [-0.05, 0) is 29.8 Å². The molecule has 35 heavy (non-hydrogen) atoms. The van der Waals surface area contributed by atoms with E-state index >= 15 is 0 Å². The monoisotopic (exact) mass is 471 g/mol. The summed E-state index contributed by atoms with van der Waals surface area (Å²) in [5.41, 5.74) is 2.42. The van der Waals surface area contributed by atoms with Crippen LogP contribution in [0.3, 0.4) is 0 Å². The molecule has 0 aliphatic carbocycles. The molecule has 0 radical (unpaired) electrons. The smallest absolute Gasteiger partial charge is 0.325 e. The molecule has 2 heterocycles. The largest absolute Gasteiger partial charge is 0.468 e. The topological polar surface area (TPSA) is 94.8 Å². The van der Waals surface area contributed by atoms with Crippen molar-refractivity contribution in [2.24, 2.45) is 0 Å². The third-order valence-corrected chi connectivity index (χ3v) is 5.18. The van der Waals surface area contributed by atoms with E-state index in [1.807, 2.05) is 66.7 Å². The molecule has 4 aromatic rings. The van der Waals surface area contributed by atoms with E-state index in [1.165, 1.54) is 12.0 Å². The lowest BCUT2D eigenvalue weighted by atomic mass is 10.2. The van der Waals surface area contributed by atoms with Crippen LogP contribution in [0.1, 0.15) is 27.5 Å². The maximum Gasteiger partial charge on any atom is 0.325 e. The molecule has 0 saturated carbocycles. The van der Waals surface area contributed by atoms with E-state index < -0.39 is 11.9 Å². The predicted molar refractivity (Wildman–Crippen MR) is 128 cm³/mol. The molecule has 0 aliphatic heterocycles. The minimum atomic E-state index is -0.553. The van der Waals surface area contributed by atoms with Crippen molar-refractivity contribution in [3.8, 4) is 11.5 Å². The Morgan fingerprint density at radius 1 is 0.914 bits per heavy atom. The number of ether oxygens (including phenoxy) is 2. The van der Waals surface area contributed by atoms with E-state index in [2.05, 4.69) is 9.97 Å². The molecule has 0 unspecified atom stereocenters. The SMILES string of the molecule is COC(=O)CN(Cc1ccccn1)C(=O)c1nc(-c2ccccc2)oc1COCc1ccccc1. The predicted octanol–water partition coefficient (Wildman–Crippen LogP) is 4.27. The summed E-state index contributed by atoms with van der Waals surface area (Å²) < 4.78 is 16.6. The van der Waals surface area contributed by atoms with Gasteiger partial charge < -0.3 is 18.8 Å². The molecular formula is C27H25N3O5. The van der Waals surface area contributed by atoms with E-state index in [4.69, 9.17) is 13.9 Å². The Morgan fingerprint density at radius 2 is 1.63 bits per heavy atom. The van der Waals surface area contributed by atoms with Crippen molar-refractivity contribution in [1.29, 1.82) is 0 Å². The number of aromatic nitrogens is 2. The highest BCUT2D eigenvalue weighted by Crippen LogP contribution is 2.24.